The van der Waals surface area contributed by atoms with E-state index in [4.69, 9.17) is 0 Å². The molecule has 3 N–H and O–H groups in total. The minimum Gasteiger partial charge on any atom is -0.478 e. The minimum atomic E-state index is -1.15. The first-order valence-corrected chi connectivity index (χ1v) is 7.58. The number of hydrogen-bond acceptors (Lipinski definition) is 3. The Kier molecular flexibility index (Phi) is 4.72. The lowest BCUT2D eigenvalue weighted by Crippen LogP contribution is -2.29. The molecule has 22 heavy (non-hydrogen) atoms. The molecule has 5 nitrogen and oxygen atoms in total. The van der Waals surface area contributed by atoms with Crippen LogP contribution >= 0.6 is 0 Å². The van der Waals surface area contributed by atoms with Crippen molar-refractivity contribution in [3.05, 3.63) is 22.5 Å². The van der Waals surface area contributed by atoms with E-state index in [0.717, 1.165) is 19.3 Å². The summed E-state index contributed by atoms with van der Waals surface area (Å²) < 4.78 is 0. The molecule has 5 heteroatoms. The zero-order valence-corrected chi connectivity index (χ0v) is 12.9. The van der Waals surface area contributed by atoms with Crippen LogP contribution in [0.3, 0.4) is 0 Å². The molecule has 1 aromatic rings. The fourth-order valence-electron chi connectivity index (χ4n) is 2.97. The van der Waals surface area contributed by atoms with Gasteiger partial charge in [0, 0.05) is 5.56 Å². The SMILES string of the molecule is CC(C)c1c(C#CC2(O)CCCCC2)[nH]c(C=O)c1C(=O)O. The normalized spacial score (nSPS) is 16.9. The van der Waals surface area contributed by atoms with Crippen LogP contribution in [-0.4, -0.2) is 33.1 Å². The number of carboxylic acid groups (broad SMARTS) is 1. The van der Waals surface area contributed by atoms with Crippen molar-refractivity contribution in [2.24, 2.45) is 0 Å². The molecule has 0 radical (unpaired) electrons. The van der Waals surface area contributed by atoms with Crippen molar-refractivity contribution >= 4 is 12.3 Å². The molecule has 0 saturated heterocycles. The Hall–Kier alpha value is -2.06. The Morgan fingerprint density at radius 1 is 1.32 bits per heavy atom. The number of hydrogen-bond donors (Lipinski definition) is 3. The smallest absolute Gasteiger partial charge is 0.338 e. The van der Waals surface area contributed by atoms with Crippen LogP contribution in [0.1, 0.15) is 84.0 Å². The van der Waals surface area contributed by atoms with E-state index < -0.39 is 11.6 Å². The van der Waals surface area contributed by atoms with Gasteiger partial charge in [0.25, 0.3) is 0 Å². The predicted octanol–water partition coefficient (Wildman–Crippen LogP) is 2.70. The van der Waals surface area contributed by atoms with Gasteiger partial charge in [0.05, 0.1) is 17.0 Å². The highest BCUT2D eigenvalue weighted by atomic mass is 16.4. The quantitative estimate of drug-likeness (QED) is 0.591. The maximum atomic E-state index is 11.4. The summed E-state index contributed by atoms with van der Waals surface area (Å²) in [5.41, 5.74) is -0.0846. The Morgan fingerprint density at radius 3 is 2.45 bits per heavy atom. The highest BCUT2D eigenvalue weighted by Crippen LogP contribution is 2.29. The van der Waals surface area contributed by atoms with Crippen LogP contribution < -0.4 is 0 Å². The van der Waals surface area contributed by atoms with E-state index in [1.807, 2.05) is 13.8 Å². The first-order valence-electron chi connectivity index (χ1n) is 7.58. The minimum absolute atomic E-state index is 0.0232. The number of aldehydes is 1. The van der Waals surface area contributed by atoms with Gasteiger partial charge >= 0.3 is 5.97 Å². The van der Waals surface area contributed by atoms with E-state index in [9.17, 15) is 19.8 Å². The molecule has 2 rings (SSSR count). The summed E-state index contributed by atoms with van der Waals surface area (Å²) in [6, 6.07) is 0. The molecule has 0 bridgehead atoms. The number of aromatic nitrogens is 1. The zero-order valence-electron chi connectivity index (χ0n) is 12.9. The first-order chi connectivity index (χ1) is 10.4. The van der Waals surface area contributed by atoms with Gasteiger partial charge in [0.15, 0.2) is 6.29 Å². The van der Waals surface area contributed by atoms with Crippen LogP contribution in [0.5, 0.6) is 0 Å². The van der Waals surface area contributed by atoms with Crippen LogP contribution in [0.4, 0.5) is 0 Å². The summed E-state index contributed by atoms with van der Waals surface area (Å²) >= 11 is 0. The summed E-state index contributed by atoms with van der Waals surface area (Å²) in [6.07, 6.45) is 4.73. The fourth-order valence-corrected chi connectivity index (χ4v) is 2.97. The molecule has 0 unspecified atom stereocenters. The molecule has 0 amide bonds. The molecule has 1 aromatic heterocycles. The highest BCUT2D eigenvalue weighted by Gasteiger charge is 2.28. The lowest BCUT2D eigenvalue weighted by Gasteiger charge is -2.26. The number of carbonyl (C=O) groups excluding carboxylic acids is 1. The van der Waals surface area contributed by atoms with Gasteiger partial charge in [-0.15, -0.1) is 0 Å². The van der Waals surface area contributed by atoms with E-state index in [2.05, 4.69) is 16.8 Å². The second-order valence-corrected chi connectivity index (χ2v) is 6.12. The number of carboxylic acids is 1. The van der Waals surface area contributed by atoms with Gasteiger partial charge < -0.3 is 15.2 Å². The molecule has 1 aliphatic carbocycles. The van der Waals surface area contributed by atoms with E-state index in [1.165, 1.54) is 0 Å². The number of aromatic amines is 1. The third kappa shape index (κ3) is 3.23. The third-order valence-electron chi connectivity index (χ3n) is 4.08. The summed E-state index contributed by atoms with van der Waals surface area (Å²) in [6.45, 7) is 3.70. The van der Waals surface area contributed by atoms with Crippen molar-refractivity contribution in [2.45, 2.75) is 57.5 Å². The standard InChI is InChI=1S/C17H21NO4/c1-11(2)14-12(18-13(10-19)15(14)16(20)21)6-9-17(22)7-4-3-5-8-17/h10-11,18,22H,3-5,7-8H2,1-2H3,(H,20,21). The second kappa shape index (κ2) is 6.37. The van der Waals surface area contributed by atoms with E-state index in [1.54, 1.807) is 0 Å². The Labute approximate surface area is 129 Å². The van der Waals surface area contributed by atoms with E-state index >= 15 is 0 Å². The summed E-state index contributed by atoms with van der Waals surface area (Å²) in [5, 5.41) is 19.8. The van der Waals surface area contributed by atoms with Crippen molar-refractivity contribution < 1.29 is 19.8 Å². The molecule has 118 valence electrons. The number of aliphatic hydroxyl groups is 1. The Bertz CT molecular complexity index is 640. The summed E-state index contributed by atoms with van der Waals surface area (Å²) in [4.78, 5) is 25.3. The lowest BCUT2D eigenvalue weighted by atomic mass is 9.85. The zero-order chi connectivity index (χ0) is 16.3. The molecular formula is C17H21NO4. The van der Waals surface area contributed by atoms with Gasteiger partial charge in [-0.1, -0.05) is 26.2 Å². The Morgan fingerprint density at radius 2 is 1.95 bits per heavy atom. The van der Waals surface area contributed by atoms with Crippen molar-refractivity contribution in [3.63, 3.8) is 0 Å². The van der Waals surface area contributed by atoms with Crippen molar-refractivity contribution in [3.8, 4) is 11.8 Å². The van der Waals surface area contributed by atoms with Crippen LogP contribution in [-0.2, 0) is 0 Å². The second-order valence-electron chi connectivity index (χ2n) is 6.12. The van der Waals surface area contributed by atoms with E-state index in [0.29, 0.717) is 30.4 Å². The van der Waals surface area contributed by atoms with Crippen LogP contribution in [0.2, 0.25) is 0 Å². The molecule has 1 saturated carbocycles. The van der Waals surface area contributed by atoms with Gasteiger partial charge in [-0.2, -0.15) is 0 Å². The summed E-state index contributed by atoms with van der Waals surface area (Å²) in [7, 11) is 0. The number of rotatable bonds is 3. The number of carbonyl (C=O) groups is 2. The molecule has 0 spiro atoms. The monoisotopic (exact) mass is 303 g/mol. The molecule has 1 aliphatic rings. The van der Waals surface area contributed by atoms with Gasteiger partial charge in [0.2, 0.25) is 0 Å². The average molecular weight is 303 g/mol. The topological polar surface area (TPSA) is 90.4 Å². The lowest BCUT2D eigenvalue weighted by molar-refractivity contribution is 0.0609. The van der Waals surface area contributed by atoms with Crippen LogP contribution in [0.25, 0.3) is 0 Å². The molecular weight excluding hydrogens is 282 g/mol. The highest BCUT2D eigenvalue weighted by molar-refractivity contribution is 5.98. The summed E-state index contributed by atoms with van der Waals surface area (Å²) in [5.74, 6) is 4.51. The molecule has 1 fully saturated rings. The van der Waals surface area contributed by atoms with Crippen LogP contribution in [0, 0.1) is 11.8 Å². The maximum Gasteiger partial charge on any atom is 0.338 e. The van der Waals surface area contributed by atoms with Gasteiger partial charge in [-0.05, 0) is 37.5 Å². The fraction of sp³-hybridized carbons (Fsp3) is 0.529. The van der Waals surface area contributed by atoms with E-state index in [-0.39, 0.29) is 17.2 Å². The van der Waals surface area contributed by atoms with Gasteiger partial charge in [-0.3, -0.25) is 4.79 Å². The maximum absolute atomic E-state index is 11.4. The van der Waals surface area contributed by atoms with Crippen molar-refractivity contribution in [1.29, 1.82) is 0 Å². The first kappa shape index (κ1) is 16.3. The Balaban J connectivity index is 2.48. The molecule has 0 aliphatic heterocycles. The largest absolute Gasteiger partial charge is 0.478 e. The van der Waals surface area contributed by atoms with Gasteiger partial charge in [-0.25, -0.2) is 4.79 Å². The molecule has 0 atom stereocenters. The third-order valence-corrected chi connectivity index (χ3v) is 4.08. The predicted molar refractivity (Wildman–Crippen MR) is 82.1 cm³/mol. The van der Waals surface area contributed by atoms with Crippen molar-refractivity contribution in [2.75, 3.05) is 0 Å². The van der Waals surface area contributed by atoms with Crippen molar-refractivity contribution in [1.82, 2.24) is 4.98 Å². The average Bonchev–Trinajstić information content (AvgIpc) is 2.85. The molecule has 0 aromatic carbocycles. The number of nitrogens with one attached hydrogen (secondary N) is 1. The number of H-pyrrole nitrogens is 1. The van der Waals surface area contributed by atoms with Gasteiger partial charge in [0.1, 0.15) is 5.60 Å². The number of aromatic carboxylic acids is 1. The van der Waals surface area contributed by atoms with Crippen LogP contribution in [0.15, 0.2) is 0 Å². The molecule has 1 heterocycles.